The van der Waals surface area contributed by atoms with Crippen molar-refractivity contribution in [1.29, 1.82) is 0 Å². The van der Waals surface area contributed by atoms with Gasteiger partial charge in [0, 0.05) is 5.02 Å². The molecule has 0 saturated carbocycles. The first-order valence-electron chi connectivity index (χ1n) is 5.58. The number of rotatable bonds is 5. The molecular formula is C12H14ClF4N. The Morgan fingerprint density at radius 3 is 2.50 bits per heavy atom. The zero-order valence-electron chi connectivity index (χ0n) is 9.82. The van der Waals surface area contributed by atoms with Crippen LogP contribution >= 0.6 is 11.6 Å². The lowest BCUT2D eigenvalue weighted by atomic mass is 10.0. The van der Waals surface area contributed by atoms with Gasteiger partial charge >= 0.3 is 6.18 Å². The number of hydrogen-bond donors (Lipinski definition) is 1. The predicted octanol–water partition coefficient (Wildman–Crippen LogP) is 3.95. The van der Waals surface area contributed by atoms with Gasteiger partial charge in [-0.15, -0.1) is 0 Å². The third-order valence-electron chi connectivity index (χ3n) is 2.48. The standard InChI is InChI=1S/C12H14ClF4N/c1-2-5-18-11(12(15,16)17)6-8-3-4-9(13)7-10(8)14/h3-4,7,11,18H,2,5-6H2,1H3. The Morgan fingerprint density at radius 2 is 2.00 bits per heavy atom. The van der Waals surface area contributed by atoms with Gasteiger partial charge in [-0.1, -0.05) is 24.6 Å². The summed E-state index contributed by atoms with van der Waals surface area (Å²) in [5.41, 5.74) is 0.00493. The van der Waals surface area contributed by atoms with Gasteiger partial charge in [0.05, 0.1) is 0 Å². The summed E-state index contributed by atoms with van der Waals surface area (Å²) in [6, 6.07) is 1.94. The molecule has 1 nitrogen and oxygen atoms in total. The molecule has 18 heavy (non-hydrogen) atoms. The van der Waals surface area contributed by atoms with E-state index in [0.717, 1.165) is 6.07 Å². The van der Waals surface area contributed by atoms with E-state index in [2.05, 4.69) is 5.32 Å². The van der Waals surface area contributed by atoms with Crippen molar-refractivity contribution in [1.82, 2.24) is 5.32 Å². The summed E-state index contributed by atoms with van der Waals surface area (Å²) in [6.45, 7) is 2.00. The highest BCUT2D eigenvalue weighted by atomic mass is 35.5. The van der Waals surface area contributed by atoms with E-state index in [1.54, 1.807) is 6.92 Å². The summed E-state index contributed by atoms with van der Waals surface area (Å²) in [7, 11) is 0. The van der Waals surface area contributed by atoms with Gasteiger partial charge in [-0.3, -0.25) is 0 Å². The van der Waals surface area contributed by atoms with E-state index < -0.39 is 24.5 Å². The van der Waals surface area contributed by atoms with Gasteiger partial charge in [-0.2, -0.15) is 13.2 Å². The van der Waals surface area contributed by atoms with E-state index >= 15 is 0 Å². The second kappa shape index (κ2) is 6.38. The lowest BCUT2D eigenvalue weighted by molar-refractivity contribution is -0.155. The Hall–Kier alpha value is -0.810. The molecule has 1 aromatic rings. The molecule has 0 amide bonds. The van der Waals surface area contributed by atoms with Crippen LogP contribution in [0.4, 0.5) is 17.6 Å². The third-order valence-corrected chi connectivity index (χ3v) is 2.71. The Balaban J connectivity index is 2.82. The van der Waals surface area contributed by atoms with Crippen LogP contribution in [0.15, 0.2) is 18.2 Å². The number of alkyl halides is 3. The molecule has 1 N–H and O–H groups in total. The molecule has 0 aliphatic rings. The van der Waals surface area contributed by atoms with Crippen molar-refractivity contribution in [2.24, 2.45) is 0 Å². The van der Waals surface area contributed by atoms with Crippen LogP contribution in [0.3, 0.4) is 0 Å². The zero-order chi connectivity index (χ0) is 13.8. The molecule has 1 aromatic carbocycles. The van der Waals surface area contributed by atoms with E-state index in [9.17, 15) is 17.6 Å². The first-order chi connectivity index (χ1) is 8.34. The topological polar surface area (TPSA) is 12.0 Å². The maximum absolute atomic E-state index is 13.4. The monoisotopic (exact) mass is 283 g/mol. The van der Waals surface area contributed by atoms with Crippen molar-refractivity contribution >= 4 is 11.6 Å². The zero-order valence-corrected chi connectivity index (χ0v) is 10.6. The Morgan fingerprint density at radius 1 is 1.33 bits per heavy atom. The molecule has 0 heterocycles. The van der Waals surface area contributed by atoms with Crippen LogP contribution in [-0.2, 0) is 6.42 Å². The van der Waals surface area contributed by atoms with Crippen LogP contribution in [0, 0.1) is 5.82 Å². The molecule has 0 aliphatic carbocycles. The van der Waals surface area contributed by atoms with E-state index in [1.807, 2.05) is 0 Å². The number of benzene rings is 1. The molecule has 1 unspecified atom stereocenters. The Bertz CT molecular complexity index is 392. The highest BCUT2D eigenvalue weighted by Gasteiger charge is 2.39. The largest absolute Gasteiger partial charge is 0.404 e. The van der Waals surface area contributed by atoms with Crippen molar-refractivity contribution in [3.05, 3.63) is 34.6 Å². The number of hydrogen-bond acceptors (Lipinski definition) is 1. The van der Waals surface area contributed by atoms with Gasteiger partial charge in [-0.05, 0) is 37.1 Å². The van der Waals surface area contributed by atoms with Crippen LogP contribution in [0.25, 0.3) is 0 Å². The van der Waals surface area contributed by atoms with Crippen LogP contribution in [0.2, 0.25) is 5.02 Å². The van der Waals surface area contributed by atoms with Gasteiger partial charge in [0.1, 0.15) is 11.9 Å². The number of nitrogens with one attached hydrogen (secondary N) is 1. The summed E-state index contributed by atoms with van der Waals surface area (Å²) in [6.07, 6.45) is -4.26. The van der Waals surface area contributed by atoms with Crippen LogP contribution in [-0.4, -0.2) is 18.8 Å². The number of halogens is 5. The lowest BCUT2D eigenvalue weighted by Crippen LogP contribution is -2.44. The van der Waals surface area contributed by atoms with Gasteiger partial charge in [0.2, 0.25) is 0 Å². The van der Waals surface area contributed by atoms with Crippen molar-refractivity contribution < 1.29 is 17.6 Å². The lowest BCUT2D eigenvalue weighted by Gasteiger charge is -2.21. The fourth-order valence-corrected chi connectivity index (χ4v) is 1.69. The second-order valence-electron chi connectivity index (χ2n) is 3.99. The molecule has 0 bridgehead atoms. The quantitative estimate of drug-likeness (QED) is 0.807. The molecule has 0 saturated heterocycles. The maximum atomic E-state index is 13.4. The highest BCUT2D eigenvalue weighted by Crippen LogP contribution is 2.25. The second-order valence-corrected chi connectivity index (χ2v) is 4.42. The molecule has 1 atom stereocenters. The minimum absolute atomic E-state index is 0.00493. The van der Waals surface area contributed by atoms with E-state index in [4.69, 9.17) is 11.6 Å². The van der Waals surface area contributed by atoms with Crippen LogP contribution in [0.5, 0.6) is 0 Å². The van der Waals surface area contributed by atoms with Crippen molar-refractivity contribution in [3.63, 3.8) is 0 Å². The highest BCUT2D eigenvalue weighted by molar-refractivity contribution is 6.30. The van der Waals surface area contributed by atoms with E-state index in [0.29, 0.717) is 6.42 Å². The molecule has 0 fully saturated rings. The summed E-state index contributed by atoms with van der Waals surface area (Å²) >= 11 is 5.55. The minimum Gasteiger partial charge on any atom is -0.306 e. The van der Waals surface area contributed by atoms with E-state index in [-0.39, 0.29) is 17.1 Å². The van der Waals surface area contributed by atoms with Gasteiger partial charge < -0.3 is 5.32 Å². The van der Waals surface area contributed by atoms with Crippen molar-refractivity contribution in [2.45, 2.75) is 32.0 Å². The van der Waals surface area contributed by atoms with Gasteiger partial charge in [0.25, 0.3) is 0 Å². The molecule has 0 spiro atoms. The predicted molar refractivity (Wildman–Crippen MR) is 63.3 cm³/mol. The Kier molecular flexibility index (Phi) is 5.41. The summed E-state index contributed by atoms with van der Waals surface area (Å²) in [4.78, 5) is 0. The SMILES string of the molecule is CCCNC(Cc1ccc(Cl)cc1F)C(F)(F)F. The molecule has 0 aliphatic heterocycles. The molecule has 1 rings (SSSR count). The average Bonchev–Trinajstić information content (AvgIpc) is 2.25. The molecular weight excluding hydrogens is 270 g/mol. The molecule has 6 heteroatoms. The maximum Gasteiger partial charge on any atom is 0.404 e. The fourth-order valence-electron chi connectivity index (χ4n) is 1.53. The third kappa shape index (κ3) is 4.46. The normalized spacial score (nSPS) is 13.7. The molecule has 0 radical (unpaired) electrons. The van der Waals surface area contributed by atoms with E-state index in [1.165, 1.54) is 12.1 Å². The Labute approximate surface area is 108 Å². The molecule has 0 aromatic heterocycles. The van der Waals surface area contributed by atoms with Gasteiger partial charge in [0.15, 0.2) is 0 Å². The van der Waals surface area contributed by atoms with Crippen molar-refractivity contribution in [2.75, 3.05) is 6.54 Å². The summed E-state index contributed by atoms with van der Waals surface area (Å²) in [5.74, 6) is -0.713. The first-order valence-corrected chi connectivity index (χ1v) is 5.96. The molecule has 102 valence electrons. The smallest absolute Gasteiger partial charge is 0.306 e. The summed E-state index contributed by atoms with van der Waals surface area (Å²) in [5, 5.41) is 2.54. The minimum atomic E-state index is -4.40. The van der Waals surface area contributed by atoms with Crippen molar-refractivity contribution in [3.8, 4) is 0 Å². The van der Waals surface area contributed by atoms with Crippen LogP contribution in [0.1, 0.15) is 18.9 Å². The average molecular weight is 284 g/mol. The first kappa shape index (κ1) is 15.2. The summed E-state index contributed by atoms with van der Waals surface area (Å²) < 4.78 is 51.6. The fraction of sp³-hybridized carbons (Fsp3) is 0.500. The van der Waals surface area contributed by atoms with Crippen LogP contribution < -0.4 is 5.32 Å². The van der Waals surface area contributed by atoms with Gasteiger partial charge in [-0.25, -0.2) is 4.39 Å².